The Morgan fingerprint density at radius 1 is 1.24 bits per heavy atom. The molecule has 1 saturated heterocycles. The van der Waals surface area contributed by atoms with Crippen molar-refractivity contribution < 1.29 is 17.6 Å². The van der Waals surface area contributed by atoms with Crippen molar-refractivity contribution in [2.24, 2.45) is 0 Å². The summed E-state index contributed by atoms with van der Waals surface area (Å²) in [5.74, 6) is -1.01. The van der Waals surface area contributed by atoms with Crippen LogP contribution in [0.2, 0.25) is 0 Å². The van der Waals surface area contributed by atoms with Crippen LogP contribution in [0.5, 0.6) is 0 Å². The molecular formula is C17H16BrFN2O3S. The van der Waals surface area contributed by atoms with Crippen LogP contribution < -0.4 is 0 Å². The number of halogens is 2. The molecule has 1 amide bonds. The molecule has 1 unspecified atom stereocenters. The van der Waals surface area contributed by atoms with Crippen LogP contribution in [0.3, 0.4) is 0 Å². The maximum absolute atomic E-state index is 14.1. The number of hydrogen-bond donors (Lipinski definition) is 0. The van der Waals surface area contributed by atoms with E-state index >= 15 is 0 Å². The molecule has 1 aromatic carbocycles. The number of carbonyl (C=O) groups excluding carboxylic acids is 1. The largest absolute Gasteiger partial charge is 0.338 e. The van der Waals surface area contributed by atoms with E-state index in [-0.39, 0.29) is 36.7 Å². The first-order valence-electron chi connectivity index (χ1n) is 7.74. The third-order valence-corrected chi connectivity index (χ3v) is 6.77. The molecule has 3 rings (SSSR count). The summed E-state index contributed by atoms with van der Waals surface area (Å²) in [5, 5.41) is -0.938. The quantitative estimate of drug-likeness (QED) is 0.739. The van der Waals surface area contributed by atoms with E-state index in [2.05, 4.69) is 20.9 Å². The van der Waals surface area contributed by atoms with Crippen LogP contribution in [0.15, 0.2) is 47.2 Å². The minimum absolute atomic E-state index is 0.0820. The van der Waals surface area contributed by atoms with E-state index < -0.39 is 20.9 Å². The average molecular weight is 427 g/mol. The first-order chi connectivity index (χ1) is 11.9. The van der Waals surface area contributed by atoms with E-state index in [1.807, 2.05) is 0 Å². The predicted octanol–water partition coefficient (Wildman–Crippen LogP) is 2.99. The smallest absolute Gasteiger partial charge is 0.255 e. The van der Waals surface area contributed by atoms with Gasteiger partial charge in [0, 0.05) is 35.5 Å². The standard InChI is InChI=1S/C17H16BrFN2O3S/c18-13-9-12(10-20-11-13)17(22)21-6-5-16(25(23,24)8-7-21)14-3-1-2-4-15(14)19/h1-4,9-11,16H,5-8H2. The van der Waals surface area contributed by atoms with Gasteiger partial charge in [0.25, 0.3) is 5.91 Å². The Kier molecular flexibility index (Phi) is 5.19. The third-order valence-electron chi connectivity index (χ3n) is 4.23. The van der Waals surface area contributed by atoms with Crippen molar-refractivity contribution in [2.45, 2.75) is 11.7 Å². The molecule has 25 heavy (non-hydrogen) atoms. The van der Waals surface area contributed by atoms with E-state index in [0.29, 0.717) is 10.0 Å². The van der Waals surface area contributed by atoms with E-state index in [4.69, 9.17) is 0 Å². The number of rotatable bonds is 2. The summed E-state index contributed by atoms with van der Waals surface area (Å²) in [5.41, 5.74) is 0.553. The number of benzene rings is 1. The lowest BCUT2D eigenvalue weighted by molar-refractivity contribution is 0.0766. The Hall–Kier alpha value is -1.80. The van der Waals surface area contributed by atoms with Crippen LogP contribution in [-0.4, -0.2) is 43.1 Å². The Morgan fingerprint density at radius 3 is 2.72 bits per heavy atom. The number of pyridine rings is 1. The Morgan fingerprint density at radius 2 is 2.00 bits per heavy atom. The van der Waals surface area contributed by atoms with Gasteiger partial charge in [0.1, 0.15) is 5.82 Å². The number of sulfone groups is 1. The molecule has 2 aromatic rings. The normalized spacial score (nSPS) is 20.1. The van der Waals surface area contributed by atoms with Crippen molar-refractivity contribution in [2.75, 3.05) is 18.8 Å². The molecule has 0 saturated carbocycles. The summed E-state index contributed by atoms with van der Waals surface area (Å²) in [6.45, 7) is 0.322. The van der Waals surface area contributed by atoms with E-state index in [0.717, 1.165) is 0 Å². The van der Waals surface area contributed by atoms with Gasteiger partial charge >= 0.3 is 0 Å². The highest BCUT2D eigenvalue weighted by Gasteiger charge is 2.34. The topological polar surface area (TPSA) is 67.3 Å². The Labute approximate surface area is 153 Å². The number of carbonyl (C=O) groups is 1. The van der Waals surface area contributed by atoms with Crippen molar-refractivity contribution in [3.63, 3.8) is 0 Å². The fourth-order valence-electron chi connectivity index (χ4n) is 2.94. The number of amides is 1. The highest BCUT2D eigenvalue weighted by atomic mass is 79.9. The van der Waals surface area contributed by atoms with Gasteiger partial charge in [0.2, 0.25) is 0 Å². The zero-order valence-corrected chi connectivity index (χ0v) is 15.6. The first-order valence-corrected chi connectivity index (χ1v) is 10.2. The van der Waals surface area contributed by atoms with Gasteiger partial charge in [-0.2, -0.15) is 0 Å². The van der Waals surface area contributed by atoms with Crippen LogP contribution in [0.1, 0.15) is 27.6 Å². The molecule has 1 aromatic heterocycles. The van der Waals surface area contributed by atoms with Gasteiger partial charge in [0.05, 0.1) is 16.6 Å². The Bertz CT molecular complexity index is 904. The summed E-state index contributed by atoms with van der Waals surface area (Å²) in [7, 11) is -3.55. The minimum Gasteiger partial charge on any atom is -0.338 e. The van der Waals surface area contributed by atoms with Gasteiger partial charge in [-0.1, -0.05) is 18.2 Å². The van der Waals surface area contributed by atoms with Crippen molar-refractivity contribution in [1.82, 2.24) is 9.88 Å². The van der Waals surface area contributed by atoms with Gasteiger partial charge in [-0.3, -0.25) is 9.78 Å². The molecule has 0 bridgehead atoms. The van der Waals surface area contributed by atoms with Crippen LogP contribution in [0, 0.1) is 5.82 Å². The predicted molar refractivity (Wildman–Crippen MR) is 95.4 cm³/mol. The summed E-state index contributed by atoms with van der Waals surface area (Å²) in [6.07, 6.45) is 3.18. The lowest BCUT2D eigenvalue weighted by atomic mass is 10.1. The molecule has 1 aliphatic heterocycles. The van der Waals surface area contributed by atoms with E-state index in [9.17, 15) is 17.6 Å². The summed E-state index contributed by atoms with van der Waals surface area (Å²) in [6, 6.07) is 7.54. The van der Waals surface area contributed by atoms with E-state index in [1.165, 1.54) is 29.3 Å². The number of hydrogen-bond acceptors (Lipinski definition) is 4. The molecule has 1 atom stereocenters. The van der Waals surface area contributed by atoms with Crippen molar-refractivity contribution >= 4 is 31.7 Å². The fraction of sp³-hybridized carbons (Fsp3) is 0.294. The Balaban J connectivity index is 1.85. The monoisotopic (exact) mass is 426 g/mol. The lowest BCUT2D eigenvalue weighted by Gasteiger charge is -2.20. The zero-order valence-electron chi connectivity index (χ0n) is 13.2. The van der Waals surface area contributed by atoms with Crippen LogP contribution in [0.25, 0.3) is 0 Å². The lowest BCUT2D eigenvalue weighted by Crippen LogP contribution is -2.33. The zero-order chi connectivity index (χ0) is 18.0. The summed E-state index contributed by atoms with van der Waals surface area (Å²) < 4.78 is 39.9. The molecular weight excluding hydrogens is 411 g/mol. The molecule has 0 radical (unpaired) electrons. The molecule has 132 valence electrons. The first kappa shape index (κ1) is 18.0. The van der Waals surface area contributed by atoms with Gasteiger partial charge in [-0.05, 0) is 34.5 Å². The molecule has 1 fully saturated rings. The molecule has 0 aliphatic carbocycles. The number of nitrogens with zero attached hydrogens (tertiary/aromatic N) is 2. The molecule has 1 aliphatic rings. The van der Waals surface area contributed by atoms with Crippen LogP contribution >= 0.6 is 15.9 Å². The van der Waals surface area contributed by atoms with Gasteiger partial charge in [0.15, 0.2) is 9.84 Å². The average Bonchev–Trinajstić information content (AvgIpc) is 2.73. The second-order valence-electron chi connectivity index (χ2n) is 5.85. The van der Waals surface area contributed by atoms with Crippen molar-refractivity contribution in [3.05, 3.63) is 64.1 Å². The number of aromatic nitrogens is 1. The summed E-state index contributed by atoms with van der Waals surface area (Å²) in [4.78, 5) is 18.1. The van der Waals surface area contributed by atoms with Crippen LogP contribution in [0.4, 0.5) is 4.39 Å². The molecule has 0 spiro atoms. The highest BCUT2D eigenvalue weighted by Crippen LogP contribution is 2.31. The molecule has 0 N–H and O–H groups in total. The second kappa shape index (κ2) is 7.21. The van der Waals surface area contributed by atoms with Gasteiger partial charge in [-0.25, -0.2) is 12.8 Å². The SMILES string of the molecule is O=C(c1cncc(Br)c1)N1CCC(c2ccccc2F)S(=O)(=O)CC1. The van der Waals surface area contributed by atoms with Crippen molar-refractivity contribution in [3.8, 4) is 0 Å². The molecule has 8 heteroatoms. The minimum atomic E-state index is -3.55. The third kappa shape index (κ3) is 3.90. The molecule has 5 nitrogen and oxygen atoms in total. The molecule has 2 heterocycles. The maximum atomic E-state index is 14.1. The van der Waals surface area contributed by atoms with Gasteiger partial charge in [-0.15, -0.1) is 0 Å². The van der Waals surface area contributed by atoms with Gasteiger partial charge < -0.3 is 4.90 Å². The maximum Gasteiger partial charge on any atom is 0.255 e. The van der Waals surface area contributed by atoms with Crippen LogP contribution in [-0.2, 0) is 9.84 Å². The van der Waals surface area contributed by atoms with Crippen molar-refractivity contribution in [1.29, 1.82) is 0 Å². The fourth-order valence-corrected chi connectivity index (χ4v) is 5.11. The highest BCUT2D eigenvalue weighted by molar-refractivity contribution is 9.10. The second-order valence-corrected chi connectivity index (χ2v) is 9.07. The van der Waals surface area contributed by atoms with E-state index in [1.54, 1.807) is 18.3 Å². The summed E-state index contributed by atoms with van der Waals surface area (Å²) >= 11 is 3.27.